The Bertz CT molecular complexity index is 1140. The van der Waals surface area contributed by atoms with E-state index in [4.69, 9.17) is 30.5 Å². The number of halogens is 1. The zero-order valence-corrected chi connectivity index (χ0v) is 18.6. The third-order valence-electron chi connectivity index (χ3n) is 4.43. The van der Waals surface area contributed by atoms with Crippen LogP contribution in [0.25, 0.3) is 0 Å². The van der Waals surface area contributed by atoms with Gasteiger partial charge in [0.1, 0.15) is 12.4 Å². The Balaban J connectivity index is 1.73. The fourth-order valence-electron chi connectivity index (χ4n) is 2.81. The van der Waals surface area contributed by atoms with Crippen LogP contribution in [0.1, 0.15) is 10.4 Å². The highest BCUT2D eigenvalue weighted by atomic mass is 35.5. The molecule has 1 amide bonds. The molecule has 0 aliphatic heterocycles. The van der Waals surface area contributed by atoms with Crippen molar-refractivity contribution in [2.24, 2.45) is 0 Å². The lowest BCUT2D eigenvalue weighted by molar-refractivity contribution is -0.385. The fourth-order valence-corrected chi connectivity index (χ4v) is 2.98. The van der Waals surface area contributed by atoms with E-state index < -0.39 is 4.92 Å². The Kier molecular flexibility index (Phi) is 8.06. The lowest BCUT2D eigenvalue weighted by Gasteiger charge is -2.13. The number of nitro groups is 1. The van der Waals surface area contributed by atoms with Gasteiger partial charge in [-0.2, -0.15) is 0 Å². The second-order valence-corrected chi connectivity index (χ2v) is 7.09. The van der Waals surface area contributed by atoms with Gasteiger partial charge in [0.2, 0.25) is 5.75 Å². The largest absolute Gasteiger partial charge is 0.493 e. The van der Waals surface area contributed by atoms with Crippen LogP contribution in [0.15, 0.2) is 60.7 Å². The SMILES string of the molecule is COCCOc1ccc(NC(=O)c2ccc(Oc3ccc(Cl)cc3[N+](=O)[O-])c(OC)c2)cc1. The number of nitrogens with zero attached hydrogens (tertiary/aromatic N) is 1. The Morgan fingerprint density at radius 2 is 1.70 bits per heavy atom. The van der Waals surface area contributed by atoms with E-state index in [9.17, 15) is 14.9 Å². The van der Waals surface area contributed by atoms with Crippen LogP contribution in [-0.4, -0.2) is 38.3 Å². The molecule has 0 unspecified atom stereocenters. The molecule has 3 aromatic carbocycles. The molecular formula is C23H21ClN2O7. The molecule has 1 N–H and O–H groups in total. The van der Waals surface area contributed by atoms with E-state index >= 15 is 0 Å². The van der Waals surface area contributed by atoms with Crippen LogP contribution in [0.5, 0.6) is 23.0 Å². The molecule has 0 fully saturated rings. The molecule has 0 bridgehead atoms. The summed E-state index contributed by atoms with van der Waals surface area (Å²) in [6, 6.07) is 15.5. The zero-order chi connectivity index (χ0) is 23.8. The predicted octanol–water partition coefficient (Wildman–Crippen LogP) is 5.33. The van der Waals surface area contributed by atoms with Crippen molar-refractivity contribution >= 4 is 28.9 Å². The molecule has 0 saturated carbocycles. The van der Waals surface area contributed by atoms with Gasteiger partial charge in [-0.25, -0.2) is 0 Å². The Morgan fingerprint density at radius 3 is 2.36 bits per heavy atom. The van der Waals surface area contributed by atoms with Crippen LogP contribution >= 0.6 is 11.6 Å². The van der Waals surface area contributed by atoms with Crippen LogP contribution in [0.4, 0.5) is 11.4 Å². The topological polar surface area (TPSA) is 109 Å². The van der Waals surface area contributed by atoms with Crippen molar-refractivity contribution in [1.82, 2.24) is 0 Å². The summed E-state index contributed by atoms with van der Waals surface area (Å²) in [6.07, 6.45) is 0. The quantitative estimate of drug-likeness (QED) is 0.241. The molecule has 0 heterocycles. The van der Waals surface area contributed by atoms with Crippen LogP contribution in [-0.2, 0) is 4.74 Å². The van der Waals surface area contributed by atoms with Gasteiger partial charge < -0.3 is 24.3 Å². The van der Waals surface area contributed by atoms with Gasteiger partial charge in [-0.15, -0.1) is 0 Å². The van der Waals surface area contributed by atoms with Crippen LogP contribution in [0.3, 0.4) is 0 Å². The number of hydrogen-bond acceptors (Lipinski definition) is 7. The lowest BCUT2D eigenvalue weighted by Crippen LogP contribution is -2.12. The van der Waals surface area contributed by atoms with Crippen molar-refractivity contribution in [3.8, 4) is 23.0 Å². The summed E-state index contributed by atoms with van der Waals surface area (Å²) < 4.78 is 21.4. The molecule has 0 spiro atoms. The summed E-state index contributed by atoms with van der Waals surface area (Å²) in [5.41, 5.74) is 0.599. The van der Waals surface area contributed by atoms with Gasteiger partial charge in [0.25, 0.3) is 5.91 Å². The fraction of sp³-hybridized carbons (Fsp3) is 0.174. The molecular weight excluding hydrogens is 452 g/mol. The number of anilines is 1. The summed E-state index contributed by atoms with van der Waals surface area (Å²) in [6.45, 7) is 0.904. The molecule has 3 aromatic rings. The maximum Gasteiger partial charge on any atom is 0.313 e. The zero-order valence-electron chi connectivity index (χ0n) is 17.9. The Labute approximate surface area is 194 Å². The van der Waals surface area contributed by atoms with E-state index in [1.807, 2.05) is 0 Å². The number of nitro benzene ring substituents is 1. The summed E-state index contributed by atoms with van der Waals surface area (Å²) in [5, 5.41) is 14.3. The molecule has 0 aliphatic carbocycles. The summed E-state index contributed by atoms with van der Waals surface area (Å²) in [7, 11) is 3.00. The molecule has 0 saturated heterocycles. The number of benzene rings is 3. The first-order valence-electron chi connectivity index (χ1n) is 9.74. The highest BCUT2D eigenvalue weighted by molar-refractivity contribution is 6.30. The van der Waals surface area contributed by atoms with Gasteiger partial charge in [-0.3, -0.25) is 14.9 Å². The van der Waals surface area contributed by atoms with Crippen molar-refractivity contribution in [3.05, 3.63) is 81.4 Å². The first kappa shape index (κ1) is 23.8. The summed E-state index contributed by atoms with van der Waals surface area (Å²) in [4.78, 5) is 23.4. The van der Waals surface area contributed by atoms with Crippen molar-refractivity contribution < 1.29 is 28.7 Å². The Hall–Kier alpha value is -3.82. The van der Waals surface area contributed by atoms with Crippen molar-refractivity contribution in [1.29, 1.82) is 0 Å². The van der Waals surface area contributed by atoms with Gasteiger partial charge in [0.05, 0.1) is 18.6 Å². The number of carbonyl (C=O) groups excluding carboxylic acids is 1. The van der Waals surface area contributed by atoms with E-state index in [1.165, 1.54) is 43.5 Å². The lowest BCUT2D eigenvalue weighted by atomic mass is 10.1. The average Bonchev–Trinajstić information content (AvgIpc) is 2.81. The number of methoxy groups -OCH3 is 2. The second kappa shape index (κ2) is 11.2. The first-order valence-corrected chi connectivity index (χ1v) is 10.1. The van der Waals surface area contributed by atoms with Gasteiger partial charge in [-0.05, 0) is 54.6 Å². The summed E-state index contributed by atoms with van der Waals surface area (Å²) >= 11 is 5.84. The van der Waals surface area contributed by atoms with E-state index in [0.29, 0.717) is 30.2 Å². The number of rotatable bonds is 10. The highest BCUT2D eigenvalue weighted by Crippen LogP contribution is 2.38. The molecule has 0 atom stereocenters. The van der Waals surface area contributed by atoms with E-state index in [-0.39, 0.29) is 33.9 Å². The molecule has 0 aliphatic rings. The second-order valence-electron chi connectivity index (χ2n) is 6.66. The number of carbonyl (C=O) groups is 1. The molecule has 172 valence electrons. The van der Waals surface area contributed by atoms with Crippen LogP contribution < -0.4 is 19.5 Å². The highest BCUT2D eigenvalue weighted by Gasteiger charge is 2.19. The maximum absolute atomic E-state index is 12.7. The van der Waals surface area contributed by atoms with Crippen molar-refractivity contribution in [2.75, 3.05) is 32.8 Å². The third kappa shape index (κ3) is 6.34. The van der Waals surface area contributed by atoms with Crippen LogP contribution in [0.2, 0.25) is 5.02 Å². The molecule has 0 aromatic heterocycles. The molecule has 3 rings (SSSR count). The molecule has 33 heavy (non-hydrogen) atoms. The molecule has 9 nitrogen and oxygen atoms in total. The van der Waals surface area contributed by atoms with Gasteiger partial charge in [0.15, 0.2) is 11.5 Å². The van der Waals surface area contributed by atoms with Gasteiger partial charge in [-0.1, -0.05) is 11.6 Å². The van der Waals surface area contributed by atoms with E-state index in [1.54, 1.807) is 31.4 Å². The van der Waals surface area contributed by atoms with Gasteiger partial charge >= 0.3 is 5.69 Å². The maximum atomic E-state index is 12.7. The van der Waals surface area contributed by atoms with E-state index in [2.05, 4.69) is 5.32 Å². The van der Waals surface area contributed by atoms with Gasteiger partial charge in [0, 0.05) is 29.4 Å². The average molecular weight is 473 g/mol. The minimum atomic E-state index is -0.594. The Morgan fingerprint density at radius 1 is 0.970 bits per heavy atom. The number of amides is 1. The normalized spacial score (nSPS) is 10.4. The van der Waals surface area contributed by atoms with Crippen molar-refractivity contribution in [3.63, 3.8) is 0 Å². The monoisotopic (exact) mass is 472 g/mol. The molecule has 0 radical (unpaired) electrons. The first-order chi connectivity index (χ1) is 15.9. The number of nitrogens with one attached hydrogen (secondary N) is 1. The summed E-state index contributed by atoms with van der Waals surface area (Å²) in [5.74, 6) is 0.716. The minimum Gasteiger partial charge on any atom is -0.493 e. The number of ether oxygens (including phenoxy) is 4. The predicted molar refractivity (Wildman–Crippen MR) is 123 cm³/mol. The minimum absolute atomic E-state index is 0.00675. The third-order valence-corrected chi connectivity index (χ3v) is 4.67. The van der Waals surface area contributed by atoms with Crippen LogP contribution in [0, 0.1) is 10.1 Å². The standard InChI is InChI=1S/C23H21ClN2O7/c1-30-11-12-32-18-7-5-17(6-8-18)25-23(27)15-3-9-21(22(13-15)31-2)33-20-10-4-16(24)14-19(20)26(28)29/h3-10,13-14H,11-12H2,1-2H3,(H,25,27). The number of hydrogen-bond donors (Lipinski definition) is 1. The molecule has 10 heteroatoms. The van der Waals surface area contributed by atoms with E-state index in [0.717, 1.165) is 0 Å². The smallest absolute Gasteiger partial charge is 0.313 e. The van der Waals surface area contributed by atoms with Crippen molar-refractivity contribution in [2.45, 2.75) is 0 Å².